The maximum absolute atomic E-state index is 13.4. The minimum absolute atomic E-state index is 0.00655. The fraction of sp³-hybridized carbons (Fsp3) is 0.435. The number of aromatic nitrogens is 1. The number of alkyl halides is 3. The molecule has 1 aliphatic rings. The summed E-state index contributed by atoms with van der Waals surface area (Å²) < 4.78 is 40.1. The first-order valence-corrected chi connectivity index (χ1v) is 10.6. The molecule has 0 spiro atoms. The van der Waals surface area contributed by atoms with E-state index in [0.29, 0.717) is 6.54 Å². The molecule has 1 aromatic heterocycles. The average molecular weight is 449 g/mol. The van der Waals surface area contributed by atoms with Gasteiger partial charge in [-0.25, -0.2) is 0 Å². The van der Waals surface area contributed by atoms with Gasteiger partial charge >= 0.3 is 6.18 Å². The topological polar surface area (TPSA) is 60.5 Å². The zero-order valence-electron chi connectivity index (χ0n) is 18.2. The van der Waals surface area contributed by atoms with Gasteiger partial charge in [0.05, 0.1) is 24.3 Å². The molecule has 0 unspecified atom stereocenters. The van der Waals surface area contributed by atoms with Gasteiger partial charge in [-0.05, 0) is 56.3 Å². The van der Waals surface area contributed by atoms with Gasteiger partial charge in [0, 0.05) is 38.1 Å². The van der Waals surface area contributed by atoms with Crippen LogP contribution in [0.1, 0.15) is 22.4 Å². The van der Waals surface area contributed by atoms with Gasteiger partial charge in [-0.15, -0.1) is 0 Å². The zero-order chi connectivity index (χ0) is 23.1. The van der Waals surface area contributed by atoms with Crippen molar-refractivity contribution in [1.29, 1.82) is 0 Å². The van der Waals surface area contributed by atoms with Gasteiger partial charge in [0.15, 0.2) is 0 Å². The Bertz CT molecular complexity index is 919. The maximum Gasteiger partial charge on any atom is 0.418 e. The number of carbonyl (C=O) groups is 1. The van der Waals surface area contributed by atoms with Gasteiger partial charge in [0.1, 0.15) is 0 Å². The third kappa shape index (κ3) is 5.98. The fourth-order valence-corrected chi connectivity index (χ4v) is 3.85. The molecule has 32 heavy (non-hydrogen) atoms. The third-order valence-corrected chi connectivity index (χ3v) is 5.61. The number of hydrogen-bond donors (Lipinski definition) is 2. The smallest absolute Gasteiger partial charge is 0.376 e. The molecular formula is C23H29F3N5O. The summed E-state index contributed by atoms with van der Waals surface area (Å²) in [7, 11) is 1.73. The number of carbonyl (C=O) groups excluding carboxylic acids is 1. The van der Waals surface area contributed by atoms with Gasteiger partial charge in [0.25, 0.3) is 0 Å². The Morgan fingerprint density at radius 2 is 2.09 bits per heavy atom. The Labute approximate surface area is 186 Å². The molecule has 2 aromatic rings. The van der Waals surface area contributed by atoms with E-state index in [2.05, 4.69) is 33.5 Å². The van der Waals surface area contributed by atoms with Crippen LogP contribution in [0.15, 0.2) is 36.5 Å². The summed E-state index contributed by atoms with van der Waals surface area (Å²) in [5.41, 5.74) is 2.29. The van der Waals surface area contributed by atoms with Crippen molar-refractivity contribution in [2.24, 2.45) is 0 Å². The predicted molar refractivity (Wildman–Crippen MR) is 118 cm³/mol. The number of nitrogens with one attached hydrogen (secondary N) is 2. The van der Waals surface area contributed by atoms with E-state index >= 15 is 0 Å². The average Bonchev–Trinajstić information content (AvgIpc) is 2.79. The number of fused-ring (bicyclic) bond motifs is 1. The first-order chi connectivity index (χ1) is 15.3. The third-order valence-electron chi connectivity index (χ3n) is 5.61. The zero-order valence-corrected chi connectivity index (χ0v) is 18.2. The number of benzene rings is 1. The van der Waals surface area contributed by atoms with Crippen molar-refractivity contribution in [3.63, 3.8) is 0 Å². The first kappa shape index (κ1) is 24.0. The van der Waals surface area contributed by atoms with Crippen molar-refractivity contribution in [1.82, 2.24) is 20.1 Å². The van der Waals surface area contributed by atoms with Crippen LogP contribution in [0.25, 0.3) is 0 Å². The molecule has 9 heteroatoms. The van der Waals surface area contributed by atoms with Crippen molar-refractivity contribution < 1.29 is 18.0 Å². The van der Waals surface area contributed by atoms with E-state index in [1.54, 1.807) is 7.05 Å². The number of pyridine rings is 1. The molecule has 1 amide bonds. The highest BCUT2D eigenvalue weighted by Gasteiger charge is 2.34. The van der Waals surface area contributed by atoms with Crippen molar-refractivity contribution in [3.05, 3.63) is 65.8 Å². The van der Waals surface area contributed by atoms with E-state index in [0.717, 1.165) is 37.8 Å². The van der Waals surface area contributed by atoms with Crippen molar-refractivity contribution in [2.75, 3.05) is 45.1 Å². The van der Waals surface area contributed by atoms with Crippen molar-refractivity contribution >= 4 is 11.6 Å². The van der Waals surface area contributed by atoms with E-state index in [1.807, 2.05) is 12.1 Å². The predicted octanol–water partition coefficient (Wildman–Crippen LogP) is 2.95. The number of anilines is 1. The number of amides is 1. The van der Waals surface area contributed by atoms with Crippen LogP contribution in [-0.2, 0) is 30.5 Å². The van der Waals surface area contributed by atoms with Crippen LogP contribution in [0.3, 0.4) is 0 Å². The summed E-state index contributed by atoms with van der Waals surface area (Å²) in [6.07, 6.45) is -2.35. The lowest BCUT2D eigenvalue weighted by molar-refractivity contribution is -0.140. The second kappa shape index (κ2) is 10.8. The lowest BCUT2D eigenvalue weighted by Crippen LogP contribution is -2.40. The summed E-state index contributed by atoms with van der Waals surface area (Å²) in [5.74, 6) is -0.285. The molecule has 1 aromatic carbocycles. The Morgan fingerprint density at radius 3 is 2.81 bits per heavy atom. The Morgan fingerprint density at radius 1 is 1.28 bits per heavy atom. The van der Waals surface area contributed by atoms with Gasteiger partial charge in [-0.3, -0.25) is 14.7 Å². The summed E-state index contributed by atoms with van der Waals surface area (Å²) >= 11 is 0. The molecule has 0 saturated carbocycles. The molecule has 0 atom stereocenters. The quantitative estimate of drug-likeness (QED) is 0.618. The van der Waals surface area contributed by atoms with Crippen LogP contribution < -0.4 is 10.6 Å². The number of rotatable bonds is 9. The van der Waals surface area contributed by atoms with Crippen LogP contribution >= 0.6 is 0 Å². The SMILES string of the molecule is [CH2]CN1CCc2c(cccc2NCC(=O)N(CCNC)Cc2ncccc2C(F)(F)F)C1. The van der Waals surface area contributed by atoms with E-state index in [9.17, 15) is 18.0 Å². The highest BCUT2D eigenvalue weighted by molar-refractivity contribution is 5.81. The number of halogens is 3. The van der Waals surface area contributed by atoms with Crippen LogP contribution in [0.2, 0.25) is 0 Å². The molecule has 0 aliphatic carbocycles. The number of hydrogen-bond acceptors (Lipinski definition) is 5. The fourth-order valence-electron chi connectivity index (χ4n) is 3.85. The second-order valence-corrected chi connectivity index (χ2v) is 7.74. The molecule has 0 fully saturated rings. The van der Waals surface area contributed by atoms with Crippen molar-refractivity contribution in [2.45, 2.75) is 25.7 Å². The summed E-state index contributed by atoms with van der Waals surface area (Å²) in [6, 6.07) is 8.20. The van der Waals surface area contributed by atoms with Gasteiger partial charge in [0.2, 0.25) is 5.91 Å². The van der Waals surface area contributed by atoms with Crippen LogP contribution in [0.5, 0.6) is 0 Å². The highest BCUT2D eigenvalue weighted by Crippen LogP contribution is 2.31. The second-order valence-electron chi connectivity index (χ2n) is 7.74. The molecule has 1 radical (unpaired) electrons. The molecule has 6 nitrogen and oxygen atoms in total. The lowest BCUT2D eigenvalue weighted by Gasteiger charge is -2.29. The molecule has 1 aliphatic heterocycles. The highest BCUT2D eigenvalue weighted by atomic mass is 19.4. The van der Waals surface area contributed by atoms with Crippen LogP contribution in [-0.4, -0.2) is 60.5 Å². The van der Waals surface area contributed by atoms with E-state index in [4.69, 9.17) is 0 Å². The monoisotopic (exact) mass is 448 g/mol. The summed E-state index contributed by atoms with van der Waals surface area (Å²) in [6.45, 7) is 6.92. The first-order valence-electron chi connectivity index (χ1n) is 10.6. The molecule has 0 bridgehead atoms. The normalized spacial score (nSPS) is 14.2. The standard InChI is InChI=1S/C23H29F3N5O/c1-3-30-12-9-18-17(15-30)6-4-8-20(18)29-14-22(32)31(13-11-27-2)16-21-19(23(24,25)26)7-5-10-28-21/h4-8,10,27,29H,1,3,9,11-16H2,2H3. The van der Waals surface area contributed by atoms with Gasteiger partial charge in [-0.2, -0.15) is 13.2 Å². The Kier molecular flexibility index (Phi) is 8.09. The van der Waals surface area contributed by atoms with Crippen molar-refractivity contribution in [3.8, 4) is 0 Å². The minimum atomic E-state index is -4.52. The molecule has 0 saturated heterocycles. The number of nitrogens with zero attached hydrogens (tertiary/aromatic N) is 3. The Hall–Kier alpha value is -2.65. The number of likely N-dealkylation sites (N-methyl/N-ethyl adjacent to an activating group) is 1. The van der Waals surface area contributed by atoms with E-state index < -0.39 is 11.7 Å². The minimum Gasteiger partial charge on any atom is -0.376 e. The Balaban J connectivity index is 1.72. The molecule has 2 heterocycles. The van der Waals surface area contributed by atoms with Gasteiger partial charge in [-0.1, -0.05) is 12.1 Å². The molecule has 3 rings (SSSR count). The largest absolute Gasteiger partial charge is 0.418 e. The maximum atomic E-state index is 13.4. The van der Waals surface area contributed by atoms with Crippen LogP contribution in [0, 0.1) is 6.92 Å². The van der Waals surface area contributed by atoms with Crippen LogP contribution in [0.4, 0.5) is 18.9 Å². The summed E-state index contributed by atoms with van der Waals surface area (Å²) in [5, 5.41) is 6.15. The van der Waals surface area contributed by atoms with Gasteiger partial charge < -0.3 is 15.5 Å². The summed E-state index contributed by atoms with van der Waals surface area (Å²) in [4.78, 5) is 20.5. The van der Waals surface area contributed by atoms with E-state index in [1.165, 1.54) is 28.3 Å². The lowest BCUT2D eigenvalue weighted by atomic mass is 9.97. The molecule has 173 valence electrons. The molecular weight excluding hydrogens is 419 g/mol. The van der Waals surface area contributed by atoms with E-state index in [-0.39, 0.29) is 31.2 Å². The molecule has 2 N–H and O–H groups in total.